The average Bonchev–Trinajstić information content (AvgIpc) is 2.76. The zero-order valence-corrected chi connectivity index (χ0v) is 12.2. The quantitative estimate of drug-likeness (QED) is 0.336. The summed E-state index contributed by atoms with van der Waals surface area (Å²) in [6, 6.07) is 0. The summed E-state index contributed by atoms with van der Waals surface area (Å²) >= 11 is 8.32. The molecule has 1 aromatic heterocycles. The lowest BCUT2D eigenvalue weighted by Gasteiger charge is -2.09. The van der Waals surface area contributed by atoms with Crippen LogP contribution in [-0.2, 0) is 6.54 Å². The number of hydrogen-bond acceptors (Lipinski definition) is 5. The van der Waals surface area contributed by atoms with E-state index in [1.165, 1.54) is 4.57 Å². The van der Waals surface area contributed by atoms with Crippen LogP contribution in [0.25, 0.3) is 6.08 Å². The summed E-state index contributed by atoms with van der Waals surface area (Å²) in [5, 5.41) is 14.0. The predicted octanol–water partition coefficient (Wildman–Crippen LogP) is 1.49. The van der Waals surface area contributed by atoms with E-state index in [0.717, 1.165) is 5.57 Å². The van der Waals surface area contributed by atoms with Crippen molar-refractivity contribution in [2.45, 2.75) is 11.5 Å². The second-order valence-electron chi connectivity index (χ2n) is 3.79. The minimum absolute atomic E-state index is 0.130. The number of aromatic hydroxyl groups is 1. The van der Waals surface area contributed by atoms with E-state index in [9.17, 15) is 9.90 Å². The van der Waals surface area contributed by atoms with Crippen LogP contribution in [0, 0.1) is 4.77 Å². The van der Waals surface area contributed by atoms with Crippen molar-refractivity contribution in [1.29, 1.82) is 0 Å². The fraction of sp³-hybridized carbons (Fsp3) is 0.182. The molecule has 1 aliphatic heterocycles. The third-order valence-corrected chi connectivity index (χ3v) is 3.58. The van der Waals surface area contributed by atoms with Crippen LogP contribution in [0.3, 0.4) is 0 Å². The van der Waals surface area contributed by atoms with Gasteiger partial charge in [0.1, 0.15) is 10.5 Å². The molecule has 8 heteroatoms. The van der Waals surface area contributed by atoms with E-state index in [4.69, 9.17) is 12.2 Å². The largest absolute Gasteiger partial charge is 0.494 e. The van der Waals surface area contributed by atoms with Gasteiger partial charge in [-0.1, -0.05) is 22.0 Å². The van der Waals surface area contributed by atoms with Gasteiger partial charge in [0.05, 0.1) is 6.21 Å². The summed E-state index contributed by atoms with van der Waals surface area (Å²) in [4.78, 5) is 14.2. The predicted molar refractivity (Wildman–Crippen MR) is 80.1 cm³/mol. The number of hydrazone groups is 1. The Morgan fingerprint density at radius 3 is 3.00 bits per heavy atom. The first kappa shape index (κ1) is 13.8. The summed E-state index contributed by atoms with van der Waals surface area (Å²) < 4.78 is 1.54. The van der Waals surface area contributed by atoms with Gasteiger partial charge in [0.25, 0.3) is 5.56 Å². The van der Waals surface area contributed by atoms with Crippen LogP contribution < -0.4 is 11.0 Å². The molecule has 2 rings (SSSR count). The molecule has 0 aromatic carbocycles. The van der Waals surface area contributed by atoms with E-state index in [2.05, 4.69) is 38.0 Å². The van der Waals surface area contributed by atoms with Gasteiger partial charge in [-0.25, -0.2) is 0 Å². The van der Waals surface area contributed by atoms with Gasteiger partial charge < -0.3 is 5.11 Å². The van der Waals surface area contributed by atoms with Crippen molar-refractivity contribution in [2.75, 3.05) is 0 Å². The van der Waals surface area contributed by atoms with Crippen LogP contribution >= 0.6 is 28.1 Å². The number of halogens is 1. The van der Waals surface area contributed by atoms with Gasteiger partial charge in [-0.15, -0.1) is 6.58 Å². The molecular formula is C11H11BrN4O2S. The fourth-order valence-corrected chi connectivity index (χ4v) is 2.22. The molecule has 1 unspecified atom stereocenters. The zero-order valence-electron chi connectivity index (χ0n) is 9.76. The van der Waals surface area contributed by atoms with E-state index >= 15 is 0 Å². The smallest absolute Gasteiger partial charge is 0.262 e. The number of H-pyrrole nitrogens is 1. The van der Waals surface area contributed by atoms with Crippen molar-refractivity contribution in [3.8, 4) is 5.88 Å². The maximum atomic E-state index is 11.9. The Kier molecular flexibility index (Phi) is 4.01. The van der Waals surface area contributed by atoms with Gasteiger partial charge >= 0.3 is 0 Å². The number of allylic oxidation sites excluding steroid dienone is 1. The minimum Gasteiger partial charge on any atom is -0.494 e. The summed E-state index contributed by atoms with van der Waals surface area (Å²) in [6.45, 7) is 3.89. The molecule has 1 atom stereocenters. The Labute approximate surface area is 122 Å². The second-order valence-corrected chi connectivity index (χ2v) is 5.09. The molecule has 0 aliphatic carbocycles. The molecule has 0 fully saturated rings. The first-order valence-electron chi connectivity index (χ1n) is 5.36. The number of nitrogens with one attached hydrogen (secondary N) is 2. The average molecular weight is 343 g/mol. The highest BCUT2D eigenvalue weighted by Gasteiger charge is 2.16. The molecule has 0 amide bonds. The topological polar surface area (TPSA) is 82.4 Å². The number of rotatable bonds is 3. The summed E-state index contributed by atoms with van der Waals surface area (Å²) in [5.41, 5.74) is 3.17. The fourth-order valence-electron chi connectivity index (χ4n) is 1.60. The summed E-state index contributed by atoms with van der Waals surface area (Å²) in [5.74, 6) is -0.193. The Morgan fingerprint density at radius 1 is 1.68 bits per heavy atom. The molecule has 6 nitrogen and oxygen atoms in total. The molecule has 19 heavy (non-hydrogen) atoms. The first-order chi connectivity index (χ1) is 9.04. The van der Waals surface area contributed by atoms with Gasteiger partial charge in [0.15, 0.2) is 4.77 Å². The zero-order chi connectivity index (χ0) is 14.0. The van der Waals surface area contributed by atoms with Crippen molar-refractivity contribution >= 4 is 40.4 Å². The normalized spacial score (nSPS) is 19.6. The highest BCUT2D eigenvalue weighted by molar-refractivity contribution is 9.09. The number of nitrogens with zero attached hydrogens (tertiary/aromatic N) is 2. The molecule has 0 saturated heterocycles. The standard InChI is InChI=1S/C11H11BrN4O2S/c1-2-3-16-10(18)7(9(17)14-11(16)19)4-6-5-13-15-8(6)12/h2,4-5,8,15,18H,1,3H2,(H,14,17,19). The minimum atomic E-state index is -0.449. The molecule has 100 valence electrons. The van der Waals surface area contributed by atoms with E-state index in [0.29, 0.717) is 6.54 Å². The monoisotopic (exact) mass is 342 g/mol. The lowest BCUT2D eigenvalue weighted by molar-refractivity contribution is 0.412. The molecule has 2 heterocycles. The van der Waals surface area contributed by atoms with Gasteiger partial charge in [0.2, 0.25) is 5.88 Å². The Balaban J connectivity index is 2.61. The molecule has 0 spiro atoms. The van der Waals surface area contributed by atoms with Crippen LogP contribution in [0.2, 0.25) is 0 Å². The molecular weight excluding hydrogens is 332 g/mol. The second kappa shape index (κ2) is 5.54. The lowest BCUT2D eigenvalue weighted by atomic mass is 10.2. The van der Waals surface area contributed by atoms with Crippen LogP contribution in [-0.4, -0.2) is 25.8 Å². The van der Waals surface area contributed by atoms with Crippen molar-refractivity contribution in [3.05, 3.63) is 38.9 Å². The first-order valence-corrected chi connectivity index (χ1v) is 6.68. The van der Waals surface area contributed by atoms with E-state index in [-0.39, 0.29) is 21.2 Å². The maximum Gasteiger partial charge on any atom is 0.262 e. The summed E-state index contributed by atoms with van der Waals surface area (Å²) in [7, 11) is 0. The van der Waals surface area contributed by atoms with Crippen LogP contribution in [0.4, 0.5) is 0 Å². The van der Waals surface area contributed by atoms with Crippen molar-refractivity contribution in [3.63, 3.8) is 0 Å². The highest BCUT2D eigenvalue weighted by Crippen LogP contribution is 2.20. The Bertz CT molecular complexity index is 689. The molecule has 0 saturated carbocycles. The van der Waals surface area contributed by atoms with Gasteiger partial charge in [0, 0.05) is 12.1 Å². The Morgan fingerprint density at radius 2 is 2.42 bits per heavy atom. The van der Waals surface area contributed by atoms with Crippen LogP contribution in [0.5, 0.6) is 5.88 Å². The van der Waals surface area contributed by atoms with Crippen molar-refractivity contribution in [1.82, 2.24) is 15.0 Å². The van der Waals surface area contributed by atoms with Gasteiger partial charge in [-0.05, 0) is 18.3 Å². The van der Waals surface area contributed by atoms with E-state index in [1.807, 2.05) is 0 Å². The SMILES string of the molecule is C=CCn1c(O)c(C=C2C=NNC2Br)c(=O)[nH]c1=S. The van der Waals surface area contributed by atoms with Crippen LogP contribution in [0.1, 0.15) is 5.56 Å². The number of aromatic nitrogens is 2. The van der Waals surface area contributed by atoms with Gasteiger partial charge in [-0.2, -0.15) is 5.10 Å². The van der Waals surface area contributed by atoms with Crippen molar-refractivity contribution < 1.29 is 5.11 Å². The maximum absolute atomic E-state index is 11.9. The number of aromatic amines is 1. The Hall–Kier alpha value is -1.67. The molecule has 0 radical (unpaired) electrons. The van der Waals surface area contributed by atoms with Crippen molar-refractivity contribution in [2.24, 2.45) is 5.10 Å². The third kappa shape index (κ3) is 2.69. The van der Waals surface area contributed by atoms with E-state index < -0.39 is 5.56 Å². The summed E-state index contributed by atoms with van der Waals surface area (Å²) in [6.07, 6.45) is 4.69. The highest BCUT2D eigenvalue weighted by atomic mass is 79.9. The van der Waals surface area contributed by atoms with Gasteiger partial charge in [-0.3, -0.25) is 19.8 Å². The molecule has 1 aliphatic rings. The number of hydrogen-bond donors (Lipinski definition) is 3. The van der Waals surface area contributed by atoms with E-state index in [1.54, 1.807) is 18.4 Å². The lowest BCUT2D eigenvalue weighted by Crippen LogP contribution is -2.18. The molecule has 1 aromatic rings. The van der Waals surface area contributed by atoms with Crippen LogP contribution in [0.15, 0.2) is 28.1 Å². The number of alkyl halides is 1. The third-order valence-electron chi connectivity index (χ3n) is 2.52. The molecule has 0 bridgehead atoms. The molecule has 3 N–H and O–H groups in total.